The maximum Gasteiger partial charge on any atom is 0.227 e. The van der Waals surface area contributed by atoms with E-state index < -0.39 is 0 Å². The number of nitrogens with one attached hydrogen (secondary N) is 1. The van der Waals surface area contributed by atoms with Crippen LogP contribution in [-0.4, -0.2) is 25.8 Å². The van der Waals surface area contributed by atoms with Crippen molar-refractivity contribution < 1.29 is 9.32 Å². The normalized spacial score (nSPS) is 10.9. The van der Waals surface area contributed by atoms with Crippen molar-refractivity contribution in [2.75, 3.05) is 0 Å². The van der Waals surface area contributed by atoms with Crippen LogP contribution >= 0.6 is 23.2 Å². The first-order valence-electron chi connectivity index (χ1n) is 9.21. The second kappa shape index (κ2) is 9.11. The Hall–Kier alpha value is -3.16. The van der Waals surface area contributed by atoms with E-state index in [0.29, 0.717) is 34.7 Å². The first-order chi connectivity index (χ1) is 14.6. The van der Waals surface area contributed by atoms with Crippen LogP contribution in [0.15, 0.2) is 65.4 Å². The SMILES string of the molecule is O=C(CCc1nc(-c2ccc(Cl)cc2)no1)NCc1cnn(-c2ccc(Cl)cc2)c1. The number of nitrogens with zero attached hydrogens (tertiary/aromatic N) is 4. The molecule has 1 N–H and O–H groups in total. The molecule has 0 saturated heterocycles. The Labute approximate surface area is 182 Å². The summed E-state index contributed by atoms with van der Waals surface area (Å²) in [6, 6.07) is 14.5. The Morgan fingerprint density at radius 1 is 1.03 bits per heavy atom. The molecule has 0 aliphatic carbocycles. The molecular weight excluding hydrogens is 425 g/mol. The first kappa shape index (κ1) is 20.1. The maximum absolute atomic E-state index is 12.2. The van der Waals surface area contributed by atoms with Gasteiger partial charge in [0.05, 0.1) is 11.9 Å². The second-order valence-electron chi connectivity index (χ2n) is 6.56. The van der Waals surface area contributed by atoms with E-state index >= 15 is 0 Å². The van der Waals surface area contributed by atoms with E-state index in [1.807, 2.05) is 30.5 Å². The average molecular weight is 442 g/mol. The van der Waals surface area contributed by atoms with Crippen molar-refractivity contribution in [3.8, 4) is 17.1 Å². The van der Waals surface area contributed by atoms with Crippen molar-refractivity contribution in [2.24, 2.45) is 0 Å². The molecule has 0 aliphatic rings. The molecule has 0 spiro atoms. The molecular formula is C21H17Cl2N5O2. The molecule has 0 atom stereocenters. The lowest BCUT2D eigenvalue weighted by molar-refractivity contribution is -0.121. The summed E-state index contributed by atoms with van der Waals surface area (Å²) in [5, 5.41) is 12.4. The molecule has 9 heteroatoms. The number of rotatable bonds is 7. The van der Waals surface area contributed by atoms with Gasteiger partial charge in [-0.3, -0.25) is 4.79 Å². The first-order valence-corrected chi connectivity index (χ1v) is 9.97. The van der Waals surface area contributed by atoms with Crippen LogP contribution in [0, 0.1) is 0 Å². The molecule has 30 heavy (non-hydrogen) atoms. The van der Waals surface area contributed by atoms with Crippen LogP contribution in [0.3, 0.4) is 0 Å². The smallest absolute Gasteiger partial charge is 0.227 e. The molecule has 2 aromatic heterocycles. The van der Waals surface area contributed by atoms with Crippen LogP contribution in [0.1, 0.15) is 17.9 Å². The van der Waals surface area contributed by atoms with Gasteiger partial charge in [-0.05, 0) is 48.5 Å². The monoisotopic (exact) mass is 441 g/mol. The fraction of sp³-hybridized carbons (Fsp3) is 0.143. The standard InChI is InChI=1S/C21H17Cl2N5O2/c22-16-3-1-15(2-4-16)21-26-20(30-27-21)10-9-19(29)24-11-14-12-25-28(13-14)18-7-5-17(23)6-8-18/h1-8,12-13H,9-11H2,(H,24,29). The largest absolute Gasteiger partial charge is 0.352 e. The van der Waals surface area contributed by atoms with Gasteiger partial charge in [-0.25, -0.2) is 4.68 Å². The van der Waals surface area contributed by atoms with Gasteiger partial charge in [0.25, 0.3) is 0 Å². The minimum Gasteiger partial charge on any atom is -0.352 e. The van der Waals surface area contributed by atoms with Gasteiger partial charge in [0, 0.05) is 46.8 Å². The highest BCUT2D eigenvalue weighted by Crippen LogP contribution is 2.19. The second-order valence-corrected chi connectivity index (χ2v) is 7.44. The predicted octanol–water partition coefficient (Wildman–Crippen LogP) is 4.48. The van der Waals surface area contributed by atoms with E-state index in [-0.39, 0.29) is 12.3 Å². The van der Waals surface area contributed by atoms with E-state index in [0.717, 1.165) is 16.8 Å². The molecule has 2 aromatic carbocycles. The summed E-state index contributed by atoms with van der Waals surface area (Å²) >= 11 is 11.8. The summed E-state index contributed by atoms with van der Waals surface area (Å²) in [4.78, 5) is 16.5. The van der Waals surface area contributed by atoms with Crippen LogP contribution in [-0.2, 0) is 17.8 Å². The predicted molar refractivity (Wildman–Crippen MR) is 113 cm³/mol. The zero-order valence-corrected chi connectivity index (χ0v) is 17.3. The van der Waals surface area contributed by atoms with Gasteiger partial charge < -0.3 is 9.84 Å². The number of carbonyl (C=O) groups excluding carboxylic acids is 1. The van der Waals surface area contributed by atoms with Crippen molar-refractivity contribution in [3.63, 3.8) is 0 Å². The number of benzene rings is 2. The lowest BCUT2D eigenvalue weighted by Gasteiger charge is -2.02. The summed E-state index contributed by atoms with van der Waals surface area (Å²) in [6.45, 7) is 0.381. The van der Waals surface area contributed by atoms with Gasteiger partial charge in [0.1, 0.15) is 0 Å². The van der Waals surface area contributed by atoms with Crippen LogP contribution < -0.4 is 5.32 Å². The molecule has 152 valence electrons. The molecule has 0 radical (unpaired) electrons. The van der Waals surface area contributed by atoms with Crippen molar-refractivity contribution in [3.05, 3.63) is 82.4 Å². The molecule has 4 rings (SSSR count). The Balaban J connectivity index is 1.27. The van der Waals surface area contributed by atoms with E-state index in [1.54, 1.807) is 35.1 Å². The molecule has 2 heterocycles. The van der Waals surface area contributed by atoms with Crippen LogP contribution in [0.5, 0.6) is 0 Å². The quantitative estimate of drug-likeness (QED) is 0.456. The Morgan fingerprint density at radius 2 is 1.73 bits per heavy atom. The minimum atomic E-state index is -0.111. The van der Waals surface area contributed by atoms with E-state index in [9.17, 15) is 4.79 Å². The number of hydrogen-bond donors (Lipinski definition) is 1. The lowest BCUT2D eigenvalue weighted by atomic mass is 10.2. The molecule has 0 saturated carbocycles. The van der Waals surface area contributed by atoms with Gasteiger partial charge in [-0.15, -0.1) is 0 Å². The number of hydrogen-bond acceptors (Lipinski definition) is 5. The molecule has 0 aliphatic heterocycles. The van der Waals surface area contributed by atoms with Gasteiger partial charge in [-0.2, -0.15) is 10.1 Å². The highest BCUT2D eigenvalue weighted by Gasteiger charge is 2.11. The van der Waals surface area contributed by atoms with Crippen molar-refractivity contribution >= 4 is 29.1 Å². The lowest BCUT2D eigenvalue weighted by Crippen LogP contribution is -2.22. The highest BCUT2D eigenvalue weighted by atomic mass is 35.5. The van der Waals surface area contributed by atoms with Crippen molar-refractivity contribution in [1.29, 1.82) is 0 Å². The third-order valence-electron chi connectivity index (χ3n) is 4.35. The summed E-state index contributed by atoms with van der Waals surface area (Å²) in [6.07, 6.45) is 4.18. The molecule has 1 amide bonds. The Bertz CT molecular complexity index is 1050. The van der Waals surface area contributed by atoms with Gasteiger partial charge in [0.15, 0.2) is 0 Å². The third-order valence-corrected chi connectivity index (χ3v) is 4.86. The van der Waals surface area contributed by atoms with Gasteiger partial charge >= 0.3 is 0 Å². The Kier molecular flexibility index (Phi) is 6.11. The fourth-order valence-corrected chi connectivity index (χ4v) is 3.02. The summed E-state index contributed by atoms with van der Waals surface area (Å²) in [5.74, 6) is 0.767. The van der Waals surface area contributed by atoms with Crippen molar-refractivity contribution in [1.82, 2.24) is 25.2 Å². The number of carbonyl (C=O) groups is 1. The number of amides is 1. The highest BCUT2D eigenvalue weighted by molar-refractivity contribution is 6.30. The van der Waals surface area contributed by atoms with Crippen LogP contribution in [0.25, 0.3) is 17.1 Å². The van der Waals surface area contributed by atoms with Crippen LogP contribution in [0.4, 0.5) is 0 Å². The number of halogens is 2. The van der Waals surface area contributed by atoms with E-state index in [1.165, 1.54) is 0 Å². The fourth-order valence-electron chi connectivity index (χ4n) is 2.77. The zero-order chi connectivity index (χ0) is 20.9. The summed E-state index contributed by atoms with van der Waals surface area (Å²) < 4.78 is 6.96. The minimum absolute atomic E-state index is 0.111. The van der Waals surface area contributed by atoms with Crippen LogP contribution in [0.2, 0.25) is 10.0 Å². The molecule has 0 fully saturated rings. The van der Waals surface area contributed by atoms with Gasteiger partial charge in [0.2, 0.25) is 17.6 Å². The van der Waals surface area contributed by atoms with Gasteiger partial charge in [-0.1, -0.05) is 28.4 Å². The molecule has 0 unspecified atom stereocenters. The summed E-state index contributed by atoms with van der Waals surface area (Å²) in [7, 11) is 0. The topological polar surface area (TPSA) is 85.8 Å². The average Bonchev–Trinajstić information content (AvgIpc) is 3.42. The Morgan fingerprint density at radius 3 is 2.47 bits per heavy atom. The third kappa shape index (κ3) is 5.06. The number of aromatic nitrogens is 4. The zero-order valence-electron chi connectivity index (χ0n) is 15.8. The molecule has 4 aromatic rings. The van der Waals surface area contributed by atoms with E-state index in [4.69, 9.17) is 27.7 Å². The molecule has 7 nitrogen and oxygen atoms in total. The van der Waals surface area contributed by atoms with Crippen molar-refractivity contribution in [2.45, 2.75) is 19.4 Å². The summed E-state index contributed by atoms with van der Waals surface area (Å²) in [5.41, 5.74) is 2.59. The molecule has 0 bridgehead atoms. The van der Waals surface area contributed by atoms with E-state index in [2.05, 4.69) is 20.6 Å². The maximum atomic E-state index is 12.2. The number of aryl methyl sites for hydroxylation is 1.